The van der Waals surface area contributed by atoms with E-state index in [2.05, 4.69) is 28.8 Å². The highest BCUT2D eigenvalue weighted by molar-refractivity contribution is 5.97. The molecule has 2 saturated heterocycles. The lowest BCUT2D eigenvalue weighted by Crippen LogP contribution is -2.35. The molecule has 0 aromatic carbocycles. The van der Waals surface area contributed by atoms with Gasteiger partial charge in [-0.2, -0.15) is 0 Å². The molecule has 17 heavy (non-hydrogen) atoms. The SMILES string of the molecule is CN1CCCC(C(=O)C#CN2CCCCC2)C1. The van der Waals surface area contributed by atoms with Crippen molar-refractivity contribution in [1.29, 1.82) is 0 Å². The highest BCUT2D eigenvalue weighted by Crippen LogP contribution is 2.15. The molecule has 0 N–H and O–H groups in total. The predicted molar refractivity (Wildman–Crippen MR) is 68.4 cm³/mol. The van der Waals surface area contributed by atoms with Crippen LogP contribution >= 0.6 is 0 Å². The Morgan fingerprint density at radius 1 is 1.12 bits per heavy atom. The smallest absolute Gasteiger partial charge is 0.211 e. The van der Waals surface area contributed by atoms with E-state index < -0.39 is 0 Å². The second-order valence-corrected chi connectivity index (χ2v) is 5.25. The fraction of sp³-hybridized carbons (Fsp3) is 0.786. The summed E-state index contributed by atoms with van der Waals surface area (Å²) in [6.07, 6.45) is 5.87. The van der Waals surface area contributed by atoms with Crippen LogP contribution in [0.15, 0.2) is 0 Å². The first kappa shape index (κ1) is 12.4. The average molecular weight is 234 g/mol. The lowest BCUT2D eigenvalue weighted by Gasteiger charge is -2.27. The molecule has 2 aliphatic heterocycles. The van der Waals surface area contributed by atoms with Gasteiger partial charge in [0.2, 0.25) is 5.78 Å². The van der Waals surface area contributed by atoms with Gasteiger partial charge in [0, 0.05) is 31.6 Å². The van der Waals surface area contributed by atoms with Crippen molar-refractivity contribution in [3.05, 3.63) is 0 Å². The maximum absolute atomic E-state index is 12.0. The molecule has 94 valence electrons. The van der Waals surface area contributed by atoms with Gasteiger partial charge in [-0.15, -0.1) is 0 Å². The van der Waals surface area contributed by atoms with E-state index in [0.717, 1.165) is 39.0 Å². The van der Waals surface area contributed by atoms with Crippen molar-refractivity contribution in [1.82, 2.24) is 9.80 Å². The molecule has 2 aliphatic rings. The van der Waals surface area contributed by atoms with Crippen LogP contribution in [0.4, 0.5) is 0 Å². The van der Waals surface area contributed by atoms with Gasteiger partial charge in [0.25, 0.3) is 0 Å². The molecule has 2 fully saturated rings. The first-order chi connectivity index (χ1) is 8.25. The molecule has 3 heteroatoms. The minimum Gasteiger partial charge on any atom is -0.332 e. The van der Waals surface area contributed by atoms with E-state index in [9.17, 15) is 4.79 Å². The minimum absolute atomic E-state index is 0.141. The number of ketones is 1. The number of rotatable bonds is 1. The summed E-state index contributed by atoms with van der Waals surface area (Å²) in [5, 5.41) is 0. The van der Waals surface area contributed by atoms with Crippen molar-refractivity contribution < 1.29 is 4.79 Å². The van der Waals surface area contributed by atoms with Gasteiger partial charge >= 0.3 is 0 Å². The monoisotopic (exact) mass is 234 g/mol. The third kappa shape index (κ3) is 3.74. The topological polar surface area (TPSA) is 23.6 Å². The normalized spacial score (nSPS) is 26.2. The fourth-order valence-corrected chi connectivity index (χ4v) is 2.62. The zero-order chi connectivity index (χ0) is 12.1. The Labute approximate surface area is 104 Å². The average Bonchev–Trinajstić information content (AvgIpc) is 2.37. The van der Waals surface area contributed by atoms with Crippen LogP contribution in [0, 0.1) is 17.9 Å². The molecule has 0 aromatic rings. The van der Waals surface area contributed by atoms with Crippen LogP contribution in [0.2, 0.25) is 0 Å². The van der Waals surface area contributed by atoms with Crippen molar-refractivity contribution in [3.63, 3.8) is 0 Å². The Morgan fingerprint density at radius 3 is 2.59 bits per heavy atom. The van der Waals surface area contributed by atoms with Crippen molar-refractivity contribution in [2.75, 3.05) is 33.2 Å². The number of nitrogens with zero attached hydrogens (tertiary/aromatic N) is 2. The van der Waals surface area contributed by atoms with Gasteiger partial charge in [0.1, 0.15) is 0 Å². The molecule has 1 unspecified atom stereocenters. The summed E-state index contributed by atoms with van der Waals surface area (Å²) in [4.78, 5) is 16.3. The quantitative estimate of drug-likeness (QED) is 0.640. The third-order valence-electron chi connectivity index (χ3n) is 3.69. The van der Waals surface area contributed by atoms with Gasteiger partial charge in [-0.05, 0) is 51.6 Å². The lowest BCUT2D eigenvalue weighted by molar-refractivity contribution is -0.118. The molecular weight excluding hydrogens is 212 g/mol. The molecule has 0 aliphatic carbocycles. The molecule has 0 radical (unpaired) electrons. The van der Waals surface area contributed by atoms with Gasteiger partial charge < -0.3 is 9.80 Å². The van der Waals surface area contributed by atoms with Crippen LogP contribution in [0.5, 0.6) is 0 Å². The molecule has 0 amide bonds. The Kier molecular flexibility index (Phi) is 4.44. The van der Waals surface area contributed by atoms with E-state index >= 15 is 0 Å². The Balaban J connectivity index is 1.85. The Bertz CT molecular complexity index is 323. The van der Waals surface area contributed by atoms with Crippen LogP contribution < -0.4 is 0 Å². The third-order valence-corrected chi connectivity index (χ3v) is 3.69. The van der Waals surface area contributed by atoms with E-state index in [1.165, 1.54) is 19.3 Å². The molecule has 0 aromatic heterocycles. The first-order valence-electron chi connectivity index (χ1n) is 6.75. The maximum atomic E-state index is 12.0. The molecule has 0 spiro atoms. The summed E-state index contributed by atoms with van der Waals surface area (Å²) in [6.45, 7) is 4.06. The number of carbonyl (C=O) groups excluding carboxylic acids is 1. The highest BCUT2D eigenvalue weighted by atomic mass is 16.1. The van der Waals surface area contributed by atoms with Gasteiger partial charge in [-0.25, -0.2) is 0 Å². The van der Waals surface area contributed by atoms with E-state index in [-0.39, 0.29) is 11.7 Å². The Hall–Kier alpha value is -1.01. The number of likely N-dealkylation sites (tertiary alicyclic amines) is 2. The number of hydrogen-bond donors (Lipinski definition) is 0. The van der Waals surface area contributed by atoms with Crippen molar-refractivity contribution in [2.45, 2.75) is 32.1 Å². The van der Waals surface area contributed by atoms with Gasteiger partial charge in [-0.3, -0.25) is 4.79 Å². The van der Waals surface area contributed by atoms with Crippen molar-refractivity contribution >= 4 is 5.78 Å². The zero-order valence-corrected chi connectivity index (χ0v) is 10.7. The summed E-state index contributed by atoms with van der Waals surface area (Å²) < 4.78 is 0. The van der Waals surface area contributed by atoms with Gasteiger partial charge in [0.05, 0.1) is 0 Å². The number of hydrogen-bond acceptors (Lipinski definition) is 3. The fourth-order valence-electron chi connectivity index (χ4n) is 2.62. The summed E-state index contributed by atoms with van der Waals surface area (Å²) in [5.41, 5.74) is 0. The minimum atomic E-state index is 0.141. The zero-order valence-electron chi connectivity index (χ0n) is 10.7. The molecule has 2 rings (SSSR count). The molecule has 0 saturated carbocycles. The first-order valence-corrected chi connectivity index (χ1v) is 6.75. The van der Waals surface area contributed by atoms with Crippen LogP contribution in [0.25, 0.3) is 0 Å². The predicted octanol–water partition coefficient (Wildman–Crippen LogP) is 1.34. The van der Waals surface area contributed by atoms with Crippen LogP contribution in [0.3, 0.4) is 0 Å². The van der Waals surface area contributed by atoms with Crippen LogP contribution in [0.1, 0.15) is 32.1 Å². The highest BCUT2D eigenvalue weighted by Gasteiger charge is 2.22. The molecular formula is C14H22N2O. The summed E-state index contributed by atoms with van der Waals surface area (Å²) in [5.74, 6) is 3.14. The van der Waals surface area contributed by atoms with Gasteiger partial charge in [0.15, 0.2) is 0 Å². The largest absolute Gasteiger partial charge is 0.332 e. The van der Waals surface area contributed by atoms with Crippen LogP contribution in [-0.2, 0) is 4.79 Å². The van der Waals surface area contributed by atoms with E-state index in [4.69, 9.17) is 0 Å². The summed E-state index contributed by atoms with van der Waals surface area (Å²) in [6, 6.07) is 3.05. The molecule has 1 atom stereocenters. The lowest BCUT2D eigenvalue weighted by atomic mass is 9.94. The van der Waals surface area contributed by atoms with Crippen LogP contribution in [-0.4, -0.2) is 48.8 Å². The standard InChI is InChI=1S/C14H22N2O/c1-15-8-5-6-13(12-15)14(17)7-11-16-9-3-2-4-10-16/h13H,2-6,8-10,12H2,1H3. The molecule has 3 nitrogen and oxygen atoms in total. The second kappa shape index (κ2) is 6.07. The maximum Gasteiger partial charge on any atom is 0.211 e. The van der Waals surface area contributed by atoms with Gasteiger partial charge in [-0.1, -0.05) is 0 Å². The summed E-state index contributed by atoms with van der Waals surface area (Å²) in [7, 11) is 2.08. The van der Waals surface area contributed by atoms with Crippen molar-refractivity contribution in [3.8, 4) is 12.0 Å². The summed E-state index contributed by atoms with van der Waals surface area (Å²) >= 11 is 0. The van der Waals surface area contributed by atoms with E-state index in [1.807, 2.05) is 0 Å². The van der Waals surface area contributed by atoms with Crippen molar-refractivity contribution in [2.24, 2.45) is 5.92 Å². The van der Waals surface area contributed by atoms with E-state index in [0.29, 0.717) is 0 Å². The molecule has 2 heterocycles. The Morgan fingerprint density at radius 2 is 1.88 bits per heavy atom. The number of carbonyl (C=O) groups is 1. The van der Waals surface area contributed by atoms with E-state index in [1.54, 1.807) is 0 Å². The second-order valence-electron chi connectivity index (χ2n) is 5.25. The number of piperidine rings is 2. The number of Topliss-reactive ketones (excluding diaryl/α,β-unsaturated/α-hetero) is 1. The molecule has 0 bridgehead atoms.